The number of hydrogen-bond acceptors (Lipinski definition) is 3. The van der Waals surface area contributed by atoms with Gasteiger partial charge in [0.15, 0.2) is 5.69 Å². The number of pyridine rings is 1. The summed E-state index contributed by atoms with van der Waals surface area (Å²) < 4.78 is 29.2. The van der Waals surface area contributed by atoms with E-state index >= 15 is 0 Å². The van der Waals surface area contributed by atoms with Crippen molar-refractivity contribution < 1.29 is 18.8 Å². The number of carbonyl (C=O) groups is 1. The molecule has 2 aromatic carbocycles. The number of nitrogens with one attached hydrogen (secondary N) is 1. The Labute approximate surface area is 177 Å². The average Bonchev–Trinajstić information content (AvgIpc) is 3.13. The van der Waals surface area contributed by atoms with Gasteiger partial charge in [0, 0.05) is 29.4 Å². The van der Waals surface area contributed by atoms with Crippen molar-refractivity contribution in [2.24, 2.45) is 0 Å². The Morgan fingerprint density at radius 3 is 2.68 bits per heavy atom. The van der Waals surface area contributed by atoms with Crippen LogP contribution in [0.25, 0.3) is 17.0 Å². The molecule has 0 bridgehead atoms. The minimum absolute atomic E-state index is 0.00484. The topological polar surface area (TPSA) is 67.2 Å². The number of benzene rings is 2. The van der Waals surface area contributed by atoms with Crippen LogP contribution in [0.3, 0.4) is 0 Å². The van der Waals surface area contributed by atoms with E-state index in [2.05, 4.69) is 4.98 Å². The van der Waals surface area contributed by atoms with Gasteiger partial charge in [-0.3, -0.25) is 10.0 Å². The van der Waals surface area contributed by atoms with Gasteiger partial charge in [-0.1, -0.05) is 48.6 Å². The Bertz CT molecular complexity index is 1270. The molecule has 0 saturated heterocycles. The van der Waals surface area contributed by atoms with E-state index in [-0.39, 0.29) is 17.8 Å². The van der Waals surface area contributed by atoms with Gasteiger partial charge in [-0.15, -0.1) is 0 Å². The van der Waals surface area contributed by atoms with Crippen LogP contribution in [0, 0.1) is 11.6 Å². The molecule has 4 aromatic rings. The largest absolute Gasteiger partial charge is 0.340 e. The zero-order chi connectivity index (χ0) is 21.8. The van der Waals surface area contributed by atoms with Crippen molar-refractivity contribution >= 4 is 22.9 Å². The first-order valence-corrected chi connectivity index (χ1v) is 9.63. The van der Waals surface area contributed by atoms with Crippen molar-refractivity contribution in [1.82, 2.24) is 15.0 Å². The van der Waals surface area contributed by atoms with E-state index in [9.17, 15) is 13.6 Å². The molecule has 0 aliphatic rings. The van der Waals surface area contributed by atoms with Crippen LogP contribution in [0.15, 0.2) is 73.1 Å². The smallest absolute Gasteiger partial charge is 0.295 e. The molecule has 1 amide bonds. The molecule has 0 radical (unpaired) electrons. The molecule has 2 N–H and O–H groups in total. The molecule has 5 nitrogen and oxygen atoms in total. The third kappa shape index (κ3) is 4.36. The Morgan fingerprint density at radius 2 is 1.94 bits per heavy atom. The average molecular weight is 419 g/mol. The van der Waals surface area contributed by atoms with Gasteiger partial charge in [0.25, 0.3) is 5.91 Å². The Balaban J connectivity index is 1.77. The number of halogens is 2. The fraction of sp³-hybridized carbons (Fsp3) is 0.0833. The van der Waals surface area contributed by atoms with E-state index < -0.39 is 17.5 Å². The number of fused-ring (bicyclic) bond motifs is 1. The van der Waals surface area contributed by atoms with E-state index in [1.165, 1.54) is 18.3 Å². The number of nitrogens with zero attached hydrogens (tertiary/aromatic N) is 2. The number of aromatic nitrogens is 2. The summed E-state index contributed by atoms with van der Waals surface area (Å²) in [4.78, 5) is 16.3. The molecule has 0 atom stereocenters. The summed E-state index contributed by atoms with van der Waals surface area (Å²) in [5.74, 6) is -2.12. The fourth-order valence-electron chi connectivity index (χ4n) is 3.53. The standard InChI is InChI=1S/C24H19F2N3O2/c25-19-10-9-18(21(26)13-19)15-29-14-17(8-4-7-16-5-2-1-3-6-16)20-11-12-27-22(23(20)29)24(30)28-31/h1-6,8-14,31H,7,15H2,(H,28,30). The van der Waals surface area contributed by atoms with Gasteiger partial charge in [0.05, 0.1) is 12.1 Å². The minimum Gasteiger partial charge on any atom is -0.340 e. The van der Waals surface area contributed by atoms with Gasteiger partial charge in [0.2, 0.25) is 0 Å². The maximum Gasteiger partial charge on any atom is 0.295 e. The van der Waals surface area contributed by atoms with Gasteiger partial charge in [-0.25, -0.2) is 19.2 Å². The maximum atomic E-state index is 14.3. The van der Waals surface area contributed by atoms with Crippen LogP contribution in [0.1, 0.15) is 27.2 Å². The lowest BCUT2D eigenvalue weighted by Crippen LogP contribution is -2.21. The van der Waals surface area contributed by atoms with E-state index in [4.69, 9.17) is 5.21 Å². The minimum atomic E-state index is -0.774. The Hall–Kier alpha value is -3.84. The molecule has 4 rings (SSSR count). The fourth-order valence-corrected chi connectivity index (χ4v) is 3.53. The predicted molar refractivity (Wildman–Crippen MR) is 114 cm³/mol. The third-order valence-electron chi connectivity index (χ3n) is 4.98. The van der Waals surface area contributed by atoms with Crippen LogP contribution in [-0.4, -0.2) is 20.7 Å². The first kappa shape index (κ1) is 20.4. The summed E-state index contributed by atoms with van der Waals surface area (Å²) in [6.45, 7) is 0.0620. The summed E-state index contributed by atoms with van der Waals surface area (Å²) in [5.41, 5.74) is 4.27. The van der Waals surface area contributed by atoms with Gasteiger partial charge in [-0.05, 0) is 29.7 Å². The molecule has 0 aliphatic heterocycles. The lowest BCUT2D eigenvalue weighted by atomic mass is 10.1. The van der Waals surface area contributed by atoms with Crippen LogP contribution in [0.4, 0.5) is 8.78 Å². The zero-order valence-corrected chi connectivity index (χ0v) is 16.4. The van der Waals surface area contributed by atoms with E-state index in [1.54, 1.807) is 22.3 Å². The Kier molecular flexibility index (Phi) is 5.86. The van der Waals surface area contributed by atoms with Crippen molar-refractivity contribution in [3.05, 3.63) is 107 Å². The summed E-state index contributed by atoms with van der Waals surface area (Å²) in [5, 5.41) is 9.84. The van der Waals surface area contributed by atoms with Gasteiger partial charge in [-0.2, -0.15) is 0 Å². The highest BCUT2D eigenvalue weighted by atomic mass is 19.1. The molecule has 7 heteroatoms. The van der Waals surface area contributed by atoms with Crippen molar-refractivity contribution in [3.63, 3.8) is 0 Å². The number of rotatable bonds is 6. The second-order valence-electron chi connectivity index (χ2n) is 7.04. The van der Waals surface area contributed by atoms with E-state index in [0.717, 1.165) is 29.0 Å². The van der Waals surface area contributed by atoms with Crippen molar-refractivity contribution in [2.75, 3.05) is 0 Å². The second-order valence-corrected chi connectivity index (χ2v) is 7.04. The number of amides is 1. The lowest BCUT2D eigenvalue weighted by Gasteiger charge is -2.09. The van der Waals surface area contributed by atoms with Gasteiger partial charge in [0.1, 0.15) is 11.6 Å². The summed E-state index contributed by atoms with van der Waals surface area (Å²) in [6, 6.07) is 15.1. The zero-order valence-electron chi connectivity index (χ0n) is 16.4. The molecule has 0 fully saturated rings. The molecule has 0 spiro atoms. The quantitative estimate of drug-likeness (QED) is 0.351. The number of carbonyl (C=O) groups excluding carboxylic acids is 1. The summed E-state index contributed by atoms with van der Waals surface area (Å²) in [7, 11) is 0. The third-order valence-corrected chi connectivity index (χ3v) is 4.98. The molecule has 31 heavy (non-hydrogen) atoms. The highest BCUT2D eigenvalue weighted by Gasteiger charge is 2.18. The molecule has 2 aromatic heterocycles. The van der Waals surface area contributed by atoms with Crippen LogP contribution in [0.2, 0.25) is 0 Å². The number of hydrogen-bond donors (Lipinski definition) is 2. The predicted octanol–water partition coefficient (Wildman–Crippen LogP) is 4.74. The molecule has 156 valence electrons. The van der Waals surface area contributed by atoms with Crippen LogP contribution in [-0.2, 0) is 13.0 Å². The SMILES string of the molecule is O=C(NO)c1nccc2c(C=CCc3ccccc3)cn(Cc3ccc(F)cc3F)c12. The summed E-state index contributed by atoms with van der Waals surface area (Å²) in [6.07, 6.45) is 7.90. The number of allylic oxidation sites excluding steroid dienone is 1. The lowest BCUT2D eigenvalue weighted by molar-refractivity contribution is 0.0702. The van der Waals surface area contributed by atoms with Crippen molar-refractivity contribution in [2.45, 2.75) is 13.0 Å². The normalized spacial score (nSPS) is 11.3. The highest BCUT2D eigenvalue weighted by Crippen LogP contribution is 2.26. The first-order chi connectivity index (χ1) is 15.1. The maximum absolute atomic E-state index is 14.3. The van der Waals surface area contributed by atoms with E-state index in [1.807, 2.05) is 42.5 Å². The van der Waals surface area contributed by atoms with Gasteiger partial charge < -0.3 is 4.57 Å². The van der Waals surface area contributed by atoms with Crippen LogP contribution < -0.4 is 5.48 Å². The van der Waals surface area contributed by atoms with Crippen LogP contribution >= 0.6 is 0 Å². The second kappa shape index (κ2) is 8.89. The molecule has 0 saturated carbocycles. The number of hydroxylamine groups is 1. The Morgan fingerprint density at radius 1 is 1.13 bits per heavy atom. The summed E-state index contributed by atoms with van der Waals surface area (Å²) >= 11 is 0. The molecule has 0 aliphatic carbocycles. The molecular weight excluding hydrogens is 400 g/mol. The molecule has 0 unspecified atom stereocenters. The van der Waals surface area contributed by atoms with Crippen molar-refractivity contribution in [1.29, 1.82) is 0 Å². The van der Waals surface area contributed by atoms with E-state index in [0.29, 0.717) is 5.52 Å². The highest BCUT2D eigenvalue weighted by molar-refractivity contribution is 6.05. The van der Waals surface area contributed by atoms with Crippen molar-refractivity contribution in [3.8, 4) is 0 Å². The monoisotopic (exact) mass is 419 g/mol. The van der Waals surface area contributed by atoms with Gasteiger partial charge >= 0.3 is 0 Å². The van der Waals surface area contributed by atoms with Crippen LogP contribution in [0.5, 0.6) is 0 Å². The molecular formula is C24H19F2N3O2. The first-order valence-electron chi connectivity index (χ1n) is 9.63. The molecule has 2 heterocycles.